The van der Waals surface area contributed by atoms with Crippen molar-refractivity contribution in [2.75, 3.05) is 34.0 Å². The molecule has 0 fully saturated rings. The molecule has 4 heteroatoms. The van der Waals surface area contributed by atoms with Crippen LogP contribution in [0.4, 0.5) is 0 Å². The fourth-order valence-electron chi connectivity index (χ4n) is 3.48. The first-order valence-electron chi connectivity index (χ1n) is 11.1. The van der Waals surface area contributed by atoms with Gasteiger partial charge >= 0.3 is 0 Å². The van der Waals surface area contributed by atoms with Gasteiger partial charge in [0, 0.05) is 0 Å². The zero-order chi connectivity index (χ0) is 18.8. The highest BCUT2D eigenvalue weighted by Crippen LogP contribution is 2.13. The zero-order valence-electron chi connectivity index (χ0n) is 18.3. The molecule has 0 aliphatic heterocycles. The van der Waals surface area contributed by atoms with E-state index in [4.69, 9.17) is 4.74 Å². The number of hydrogen-bond acceptors (Lipinski definition) is 2. The summed E-state index contributed by atoms with van der Waals surface area (Å²) in [6.45, 7) is 6.43. The molecule has 0 aromatic heterocycles. The monoisotopic (exact) mass is 393 g/mol. The number of aliphatic hydroxyl groups is 1. The minimum Gasteiger partial charge on any atom is -1.00 e. The Balaban J connectivity index is 0. The van der Waals surface area contributed by atoms with Crippen molar-refractivity contribution in [3.8, 4) is 0 Å². The minimum absolute atomic E-state index is 0. The van der Waals surface area contributed by atoms with E-state index in [0.717, 1.165) is 17.6 Å². The third-order valence-corrected chi connectivity index (χ3v) is 4.84. The Bertz CT molecular complexity index is 273. The van der Waals surface area contributed by atoms with E-state index < -0.39 is 0 Å². The fourth-order valence-corrected chi connectivity index (χ4v) is 3.48. The van der Waals surface area contributed by atoms with Crippen LogP contribution in [0.25, 0.3) is 0 Å². The number of aliphatic hydroxyl groups excluding tert-OH is 1. The van der Waals surface area contributed by atoms with Gasteiger partial charge in [0.15, 0.2) is 6.73 Å². The topological polar surface area (TPSA) is 29.5 Å². The summed E-state index contributed by atoms with van der Waals surface area (Å²) < 4.78 is 6.50. The third kappa shape index (κ3) is 22.2. The van der Waals surface area contributed by atoms with Crippen LogP contribution in [0, 0.1) is 0 Å². The van der Waals surface area contributed by atoms with Gasteiger partial charge in [-0.2, -0.15) is 0 Å². The molecule has 0 heterocycles. The molecule has 0 aromatic carbocycles. The summed E-state index contributed by atoms with van der Waals surface area (Å²) in [5.74, 6) is 0. The van der Waals surface area contributed by atoms with Crippen molar-refractivity contribution in [2.45, 2.75) is 110 Å². The molecule has 0 spiro atoms. The van der Waals surface area contributed by atoms with Crippen molar-refractivity contribution < 1.29 is 26.7 Å². The molecule has 160 valence electrons. The van der Waals surface area contributed by atoms with Crippen molar-refractivity contribution in [3.63, 3.8) is 0 Å². The molecule has 1 unspecified atom stereocenters. The maximum atomic E-state index is 9.45. The molecule has 0 aliphatic rings. The Morgan fingerprint density at radius 3 is 1.50 bits per heavy atom. The highest BCUT2D eigenvalue weighted by molar-refractivity contribution is 4.49. The smallest absolute Gasteiger partial charge is 0.182 e. The molecule has 3 nitrogen and oxygen atoms in total. The highest BCUT2D eigenvalue weighted by atomic mass is 35.5. The molecule has 26 heavy (non-hydrogen) atoms. The average molecular weight is 394 g/mol. The van der Waals surface area contributed by atoms with Crippen molar-refractivity contribution in [1.29, 1.82) is 0 Å². The average Bonchev–Trinajstić information content (AvgIpc) is 2.53. The Kier molecular flexibility index (Phi) is 21.7. The number of hydrogen-bond donors (Lipinski definition) is 1. The Morgan fingerprint density at radius 1 is 0.731 bits per heavy atom. The second kappa shape index (κ2) is 19.9. The molecule has 0 saturated carbocycles. The van der Waals surface area contributed by atoms with Crippen molar-refractivity contribution in [1.82, 2.24) is 0 Å². The first kappa shape index (κ1) is 28.4. The van der Waals surface area contributed by atoms with Gasteiger partial charge < -0.3 is 26.7 Å². The first-order valence-corrected chi connectivity index (χ1v) is 11.1. The van der Waals surface area contributed by atoms with Gasteiger partial charge in [-0.15, -0.1) is 0 Å². The summed E-state index contributed by atoms with van der Waals surface area (Å²) in [4.78, 5) is 0. The van der Waals surface area contributed by atoms with E-state index >= 15 is 0 Å². The highest BCUT2D eigenvalue weighted by Gasteiger charge is 2.17. The standard InChI is InChI=1S/C22H48NO2.ClH/c1-5-6-7-8-9-10-11-12-13-14-15-16-17-18-19-25-21-23(3,4)20-22(2)24;/h22,24H,5-21H2,1-4H3;1H/q+1;/p-1. The number of ether oxygens (including phenoxy) is 1. The first-order chi connectivity index (χ1) is 12.0. The summed E-state index contributed by atoms with van der Waals surface area (Å²) in [6, 6.07) is 0. The molecule has 0 amide bonds. The van der Waals surface area contributed by atoms with E-state index in [0.29, 0.717) is 6.73 Å². The number of unbranched alkanes of at least 4 members (excludes halogenated alkanes) is 13. The minimum atomic E-state index is -0.264. The molecular formula is C22H48ClNO2. The lowest BCUT2D eigenvalue weighted by Crippen LogP contribution is -3.00. The predicted molar refractivity (Wildman–Crippen MR) is 110 cm³/mol. The molecule has 0 aromatic rings. The summed E-state index contributed by atoms with van der Waals surface area (Å²) in [6.07, 6.45) is 19.2. The molecule has 1 atom stereocenters. The lowest BCUT2D eigenvalue weighted by molar-refractivity contribution is -0.912. The molecular weight excluding hydrogens is 346 g/mol. The van der Waals surface area contributed by atoms with Gasteiger partial charge in [-0.05, 0) is 13.3 Å². The zero-order valence-corrected chi connectivity index (χ0v) is 19.0. The van der Waals surface area contributed by atoms with Crippen LogP contribution in [-0.4, -0.2) is 49.7 Å². The van der Waals surface area contributed by atoms with E-state index in [2.05, 4.69) is 21.0 Å². The van der Waals surface area contributed by atoms with Crippen LogP contribution >= 0.6 is 0 Å². The van der Waals surface area contributed by atoms with E-state index in [1.165, 1.54) is 89.9 Å². The molecule has 0 bridgehead atoms. The number of halogens is 1. The Labute approximate surface area is 170 Å². The van der Waals surface area contributed by atoms with E-state index in [1.807, 2.05) is 6.92 Å². The number of nitrogens with zero attached hydrogens (tertiary/aromatic N) is 1. The van der Waals surface area contributed by atoms with Crippen LogP contribution in [0.5, 0.6) is 0 Å². The second-order valence-electron chi connectivity index (χ2n) is 8.60. The molecule has 0 rings (SSSR count). The molecule has 0 saturated heterocycles. The number of likely N-dealkylation sites (N-methyl/N-ethyl adjacent to an activating group) is 1. The lowest BCUT2D eigenvalue weighted by atomic mass is 10.0. The molecule has 1 N–H and O–H groups in total. The van der Waals surface area contributed by atoms with Gasteiger partial charge in [0.05, 0.1) is 20.7 Å². The molecule has 0 radical (unpaired) electrons. The van der Waals surface area contributed by atoms with Crippen molar-refractivity contribution in [3.05, 3.63) is 0 Å². The largest absolute Gasteiger partial charge is 1.00 e. The predicted octanol–water partition coefficient (Wildman–Crippen LogP) is 2.90. The summed E-state index contributed by atoms with van der Waals surface area (Å²) in [5, 5.41) is 9.45. The summed E-state index contributed by atoms with van der Waals surface area (Å²) in [7, 11) is 4.22. The quantitative estimate of drug-likeness (QED) is 0.208. The van der Waals surface area contributed by atoms with Crippen molar-refractivity contribution in [2.24, 2.45) is 0 Å². The third-order valence-electron chi connectivity index (χ3n) is 4.84. The van der Waals surface area contributed by atoms with Gasteiger partial charge in [-0.1, -0.05) is 90.4 Å². The summed E-state index contributed by atoms with van der Waals surface area (Å²) in [5.41, 5.74) is 0. The van der Waals surface area contributed by atoms with Crippen LogP contribution in [0.2, 0.25) is 0 Å². The van der Waals surface area contributed by atoms with Gasteiger partial charge in [-0.3, -0.25) is 0 Å². The summed E-state index contributed by atoms with van der Waals surface area (Å²) >= 11 is 0. The second-order valence-corrected chi connectivity index (χ2v) is 8.60. The Hall–Kier alpha value is 0.170. The maximum absolute atomic E-state index is 9.45. The fraction of sp³-hybridized carbons (Fsp3) is 1.00. The van der Waals surface area contributed by atoms with Crippen molar-refractivity contribution >= 4 is 0 Å². The van der Waals surface area contributed by atoms with E-state index in [-0.39, 0.29) is 18.5 Å². The lowest BCUT2D eigenvalue weighted by Gasteiger charge is -2.30. The van der Waals surface area contributed by atoms with Crippen LogP contribution in [0.15, 0.2) is 0 Å². The van der Waals surface area contributed by atoms with Crippen LogP contribution in [0.3, 0.4) is 0 Å². The molecule has 0 aliphatic carbocycles. The van der Waals surface area contributed by atoms with E-state index in [1.54, 1.807) is 0 Å². The van der Waals surface area contributed by atoms with Crippen LogP contribution < -0.4 is 12.4 Å². The Morgan fingerprint density at radius 2 is 1.12 bits per heavy atom. The number of quaternary nitrogens is 1. The maximum Gasteiger partial charge on any atom is 0.182 e. The number of rotatable bonds is 19. The van der Waals surface area contributed by atoms with Gasteiger partial charge in [-0.25, -0.2) is 0 Å². The van der Waals surface area contributed by atoms with Gasteiger partial charge in [0.1, 0.15) is 12.6 Å². The van der Waals surface area contributed by atoms with Crippen LogP contribution in [0.1, 0.15) is 104 Å². The van der Waals surface area contributed by atoms with E-state index in [9.17, 15) is 5.11 Å². The SMILES string of the molecule is CCCCCCCCCCCCCCCCOC[N+](C)(C)CC(C)O.[Cl-]. The normalized spacial score (nSPS) is 12.8. The van der Waals surface area contributed by atoms with Gasteiger partial charge in [0.25, 0.3) is 0 Å². The van der Waals surface area contributed by atoms with Crippen LogP contribution in [-0.2, 0) is 4.74 Å². The van der Waals surface area contributed by atoms with Gasteiger partial charge in [0.2, 0.25) is 0 Å².